The van der Waals surface area contributed by atoms with Crippen LogP contribution in [0.5, 0.6) is 0 Å². The van der Waals surface area contributed by atoms with Crippen LogP contribution in [-0.4, -0.2) is 13.1 Å². The fourth-order valence-corrected chi connectivity index (χ4v) is 1.70. The molecular weight excluding hydrogens is 148 g/mol. The van der Waals surface area contributed by atoms with Crippen LogP contribution >= 0.6 is 0 Å². The molecule has 1 rings (SSSR count). The summed E-state index contributed by atoms with van der Waals surface area (Å²) in [7, 11) is 0. The molecular formula is C10H20N2. The van der Waals surface area contributed by atoms with E-state index in [0.29, 0.717) is 5.41 Å². The van der Waals surface area contributed by atoms with Crippen LogP contribution in [0.15, 0.2) is 10.2 Å². The van der Waals surface area contributed by atoms with E-state index in [1.54, 1.807) is 0 Å². The lowest BCUT2D eigenvalue weighted by Crippen LogP contribution is -2.25. The quantitative estimate of drug-likeness (QED) is 0.574. The molecule has 1 unspecified atom stereocenters. The molecule has 1 atom stereocenters. The first-order chi connectivity index (χ1) is 5.65. The molecule has 70 valence electrons. The fourth-order valence-electron chi connectivity index (χ4n) is 1.70. The Balaban J connectivity index is 2.57. The van der Waals surface area contributed by atoms with Crippen molar-refractivity contribution < 1.29 is 0 Å². The maximum Gasteiger partial charge on any atom is 0.0604 e. The molecule has 0 bridgehead atoms. The molecule has 12 heavy (non-hydrogen) atoms. The Kier molecular flexibility index (Phi) is 3.24. The molecule has 1 aliphatic rings. The highest BCUT2D eigenvalue weighted by molar-refractivity contribution is 4.79. The van der Waals surface area contributed by atoms with E-state index >= 15 is 0 Å². The average molecular weight is 168 g/mol. The summed E-state index contributed by atoms with van der Waals surface area (Å²) in [6.45, 7) is 8.88. The van der Waals surface area contributed by atoms with Crippen molar-refractivity contribution in [2.75, 3.05) is 13.1 Å². The topological polar surface area (TPSA) is 24.7 Å². The summed E-state index contributed by atoms with van der Waals surface area (Å²) >= 11 is 0. The third-order valence-corrected chi connectivity index (χ3v) is 3.28. The van der Waals surface area contributed by atoms with Crippen LogP contribution < -0.4 is 0 Å². The van der Waals surface area contributed by atoms with Crippen LogP contribution in [0.25, 0.3) is 0 Å². The summed E-state index contributed by atoms with van der Waals surface area (Å²) in [4.78, 5) is 0. The van der Waals surface area contributed by atoms with E-state index < -0.39 is 0 Å². The van der Waals surface area contributed by atoms with Gasteiger partial charge in [-0.05, 0) is 30.6 Å². The van der Waals surface area contributed by atoms with E-state index in [-0.39, 0.29) is 0 Å². The monoisotopic (exact) mass is 168 g/mol. The van der Waals surface area contributed by atoms with Crippen LogP contribution in [0.3, 0.4) is 0 Å². The molecule has 0 radical (unpaired) electrons. The van der Waals surface area contributed by atoms with Gasteiger partial charge >= 0.3 is 0 Å². The standard InChI is InChI=1S/C10H20N2/c1-9(2)10(3)5-4-7-11-12-8-6-10/h9H,4-8H2,1-3H3. The van der Waals surface area contributed by atoms with Gasteiger partial charge in [-0.2, -0.15) is 10.2 Å². The summed E-state index contributed by atoms with van der Waals surface area (Å²) in [5, 5.41) is 8.21. The first-order valence-corrected chi connectivity index (χ1v) is 4.98. The highest BCUT2D eigenvalue weighted by Crippen LogP contribution is 2.36. The van der Waals surface area contributed by atoms with Crippen LogP contribution in [0.1, 0.15) is 40.0 Å². The average Bonchev–Trinajstić information content (AvgIpc) is 1.97. The summed E-state index contributed by atoms with van der Waals surface area (Å²) in [5.41, 5.74) is 0.499. The molecule has 0 aromatic carbocycles. The van der Waals surface area contributed by atoms with Gasteiger partial charge in [-0.15, -0.1) is 0 Å². The third kappa shape index (κ3) is 2.29. The minimum atomic E-state index is 0.499. The highest BCUT2D eigenvalue weighted by Gasteiger charge is 2.27. The second kappa shape index (κ2) is 4.01. The summed E-state index contributed by atoms with van der Waals surface area (Å²) < 4.78 is 0. The van der Waals surface area contributed by atoms with Gasteiger partial charge in [0.05, 0.1) is 13.1 Å². The zero-order chi connectivity index (χ0) is 9.03. The fraction of sp³-hybridized carbons (Fsp3) is 1.00. The van der Waals surface area contributed by atoms with E-state index in [0.717, 1.165) is 19.0 Å². The van der Waals surface area contributed by atoms with Crippen molar-refractivity contribution in [3.8, 4) is 0 Å². The molecule has 2 nitrogen and oxygen atoms in total. The Morgan fingerprint density at radius 3 is 2.42 bits per heavy atom. The van der Waals surface area contributed by atoms with Gasteiger partial charge < -0.3 is 0 Å². The number of hydrogen-bond donors (Lipinski definition) is 0. The molecule has 0 aromatic rings. The largest absolute Gasteiger partial charge is 0.194 e. The second-order valence-electron chi connectivity index (χ2n) is 4.39. The van der Waals surface area contributed by atoms with E-state index in [2.05, 4.69) is 31.0 Å². The van der Waals surface area contributed by atoms with Gasteiger partial charge in [-0.3, -0.25) is 0 Å². The van der Waals surface area contributed by atoms with Crippen LogP contribution in [0, 0.1) is 11.3 Å². The second-order valence-corrected chi connectivity index (χ2v) is 4.39. The predicted octanol–water partition coefficient (Wildman–Crippen LogP) is 3.28. The first kappa shape index (κ1) is 9.69. The minimum Gasteiger partial charge on any atom is -0.194 e. The molecule has 0 amide bonds. The van der Waals surface area contributed by atoms with Gasteiger partial charge in [0.25, 0.3) is 0 Å². The number of hydrogen-bond acceptors (Lipinski definition) is 2. The minimum absolute atomic E-state index is 0.499. The zero-order valence-corrected chi connectivity index (χ0v) is 8.51. The Morgan fingerprint density at radius 1 is 1.08 bits per heavy atom. The van der Waals surface area contributed by atoms with Crippen molar-refractivity contribution in [2.45, 2.75) is 40.0 Å². The Hall–Kier alpha value is -0.400. The van der Waals surface area contributed by atoms with Gasteiger partial charge in [0.2, 0.25) is 0 Å². The van der Waals surface area contributed by atoms with Gasteiger partial charge in [0.15, 0.2) is 0 Å². The number of rotatable bonds is 1. The van der Waals surface area contributed by atoms with Crippen molar-refractivity contribution in [2.24, 2.45) is 21.6 Å². The molecule has 2 heteroatoms. The lowest BCUT2D eigenvalue weighted by molar-refractivity contribution is 0.176. The summed E-state index contributed by atoms with van der Waals surface area (Å²) in [6, 6.07) is 0. The molecule has 0 aliphatic carbocycles. The van der Waals surface area contributed by atoms with E-state index in [1.807, 2.05) is 0 Å². The Morgan fingerprint density at radius 2 is 1.75 bits per heavy atom. The summed E-state index contributed by atoms with van der Waals surface area (Å²) in [5.74, 6) is 0.769. The molecule has 0 saturated carbocycles. The summed E-state index contributed by atoms with van der Waals surface area (Å²) in [6.07, 6.45) is 3.72. The van der Waals surface area contributed by atoms with Gasteiger partial charge in [0.1, 0.15) is 0 Å². The Bertz CT molecular complexity index is 163. The predicted molar refractivity (Wildman–Crippen MR) is 51.4 cm³/mol. The smallest absolute Gasteiger partial charge is 0.0604 e. The lowest BCUT2D eigenvalue weighted by atomic mass is 9.73. The van der Waals surface area contributed by atoms with Crippen molar-refractivity contribution in [1.29, 1.82) is 0 Å². The maximum absolute atomic E-state index is 4.13. The molecule has 0 N–H and O–H groups in total. The molecule has 0 fully saturated rings. The molecule has 0 saturated heterocycles. The maximum atomic E-state index is 4.13. The van der Waals surface area contributed by atoms with Gasteiger partial charge in [-0.25, -0.2) is 0 Å². The van der Waals surface area contributed by atoms with Gasteiger partial charge in [-0.1, -0.05) is 20.8 Å². The van der Waals surface area contributed by atoms with E-state index in [4.69, 9.17) is 0 Å². The third-order valence-electron chi connectivity index (χ3n) is 3.28. The molecule has 0 aromatic heterocycles. The van der Waals surface area contributed by atoms with Crippen LogP contribution in [0.2, 0.25) is 0 Å². The molecule has 1 aliphatic heterocycles. The highest BCUT2D eigenvalue weighted by atomic mass is 15.1. The molecule has 0 spiro atoms. The SMILES string of the molecule is CC(C)C1(C)CCCN=NCC1. The van der Waals surface area contributed by atoms with Crippen molar-refractivity contribution in [3.63, 3.8) is 0 Å². The van der Waals surface area contributed by atoms with Crippen molar-refractivity contribution >= 4 is 0 Å². The van der Waals surface area contributed by atoms with Crippen LogP contribution in [-0.2, 0) is 0 Å². The Labute approximate surface area is 75.5 Å². The van der Waals surface area contributed by atoms with Crippen molar-refractivity contribution in [3.05, 3.63) is 0 Å². The number of azo groups is 1. The van der Waals surface area contributed by atoms with Gasteiger partial charge in [0, 0.05) is 0 Å². The zero-order valence-electron chi connectivity index (χ0n) is 8.51. The molecule has 1 heterocycles. The van der Waals surface area contributed by atoms with E-state index in [9.17, 15) is 0 Å². The first-order valence-electron chi connectivity index (χ1n) is 4.98. The normalized spacial score (nSPS) is 31.7. The van der Waals surface area contributed by atoms with Crippen molar-refractivity contribution in [1.82, 2.24) is 0 Å². The lowest BCUT2D eigenvalue weighted by Gasteiger charge is -2.34. The van der Waals surface area contributed by atoms with Crippen LogP contribution in [0.4, 0.5) is 0 Å². The number of nitrogens with zero attached hydrogens (tertiary/aromatic N) is 2. The van der Waals surface area contributed by atoms with E-state index in [1.165, 1.54) is 19.3 Å².